The molecule has 0 radical (unpaired) electrons. The van der Waals surface area contributed by atoms with Crippen LogP contribution in [0.4, 0.5) is 0 Å². The summed E-state index contributed by atoms with van der Waals surface area (Å²) < 4.78 is 0. The van der Waals surface area contributed by atoms with E-state index in [-0.39, 0.29) is 24.4 Å². The van der Waals surface area contributed by atoms with Gasteiger partial charge in [0.05, 0.1) is 6.04 Å². The molecule has 1 aliphatic rings. The number of amides is 1. The summed E-state index contributed by atoms with van der Waals surface area (Å²) in [6.07, 6.45) is 2.86. The van der Waals surface area contributed by atoms with Gasteiger partial charge in [-0.05, 0) is 25.9 Å². The summed E-state index contributed by atoms with van der Waals surface area (Å²) in [7, 11) is 0. The highest BCUT2D eigenvalue weighted by Gasteiger charge is 2.30. The molecule has 2 unspecified atom stereocenters. The predicted octanol–water partition coefficient (Wildman–Crippen LogP) is 1.48. The van der Waals surface area contributed by atoms with Crippen LogP contribution in [0.15, 0.2) is 0 Å². The summed E-state index contributed by atoms with van der Waals surface area (Å²) in [5.74, 6) is 0.140. The van der Waals surface area contributed by atoms with Crippen molar-refractivity contribution in [2.45, 2.75) is 52.1 Å². The normalized spacial score (nSPS) is 20.9. The molecule has 4 nitrogen and oxygen atoms in total. The second kappa shape index (κ2) is 8.73. The Hall–Kier alpha value is -0.320. The van der Waals surface area contributed by atoms with Gasteiger partial charge in [-0.1, -0.05) is 27.2 Å². The molecule has 0 aromatic rings. The number of likely N-dealkylation sites (tertiary alicyclic amines) is 1. The lowest BCUT2D eigenvalue weighted by molar-refractivity contribution is -0.131. The van der Waals surface area contributed by atoms with E-state index in [1.165, 1.54) is 0 Å². The van der Waals surface area contributed by atoms with Gasteiger partial charge in [0, 0.05) is 19.1 Å². The van der Waals surface area contributed by atoms with E-state index >= 15 is 0 Å². The minimum absolute atomic E-state index is 0. The summed E-state index contributed by atoms with van der Waals surface area (Å²) in [5, 5.41) is 0. The Morgan fingerprint density at radius 2 is 2.00 bits per heavy atom. The third kappa shape index (κ3) is 4.41. The van der Waals surface area contributed by atoms with Crippen molar-refractivity contribution in [3.8, 4) is 0 Å². The fourth-order valence-corrected chi connectivity index (χ4v) is 2.65. The molecule has 1 heterocycles. The Morgan fingerprint density at radius 3 is 2.50 bits per heavy atom. The van der Waals surface area contributed by atoms with Crippen molar-refractivity contribution in [1.29, 1.82) is 0 Å². The zero-order valence-corrected chi connectivity index (χ0v) is 12.7. The fraction of sp³-hybridized carbons (Fsp3) is 0.923. The van der Waals surface area contributed by atoms with Crippen LogP contribution in [0.5, 0.6) is 0 Å². The van der Waals surface area contributed by atoms with E-state index in [0.717, 1.165) is 45.4 Å². The quantitative estimate of drug-likeness (QED) is 0.800. The molecule has 18 heavy (non-hydrogen) atoms. The van der Waals surface area contributed by atoms with Crippen LogP contribution in [-0.2, 0) is 4.79 Å². The SMILES string of the molecule is CCCC(N)C(=O)N1CCC(N(CC)CC)C1.Cl. The summed E-state index contributed by atoms with van der Waals surface area (Å²) in [4.78, 5) is 16.4. The lowest BCUT2D eigenvalue weighted by atomic mass is 10.1. The Balaban J connectivity index is 0.00000289. The fourth-order valence-electron chi connectivity index (χ4n) is 2.65. The molecule has 1 aliphatic heterocycles. The van der Waals surface area contributed by atoms with Gasteiger partial charge in [-0.25, -0.2) is 0 Å². The molecule has 0 aromatic heterocycles. The molecule has 0 aliphatic carbocycles. The van der Waals surface area contributed by atoms with Crippen molar-refractivity contribution in [3.05, 3.63) is 0 Å². The van der Waals surface area contributed by atoms with Gasteiger partial charge in [0.15, 0.2) is 0 Å². The highest BCUT2D eigenvalue weighted by molar-refractivity contribution is 5.85. The van der Waals surface area contributed by atoms with Crippen molar-refractivity contribution in [2.75, 3.05) is 26.2 Å². The number of hydrogen-bond donors (Lipinski definition) is 1. The summed E-state index contributed by atoms with van der Waals surface area (Å²) in [5.41, 5.74) is 5.89. The predicted molar refractivity (Wildman–Crippen MR) is 78.0 cm³/mol. The monoisotopic (exact) mass is 277 g/mol. The van der Waals surface area contributed by atoms with Crippen LogP contribution in [0.1, 0.15) is 40.0 Å². The molecule has 108 valence electrons. The first kappa shape index (κ1) is 17.7. The number of carbonyl (C=O) groups excluding carboxylic acids is 1. The third-order valence-corrected chi connectivity index (χ3v) is 3.72. The molecule has 5 heteroatoms. The van der Waals surface area contributed by atoms with Crippen molar-refractivity contribution < 1.29 is 4.79 Å². The van der Waals surface area contributed by atoms with E-state index in [0.29, 0.717) is 6.04 Å². The van der Waals surface area contributed by atoms with Gasteiger partial charge in [-0.3, -0.25) is 9.69 Å². The topological polar surface area (TPSA) is 49.6 Å². The van der Waals surface area contributed by atoms with E-state index < -0.39 is 0 Å². The molecule has 0 bridgehead atoms. The Kier molecular flexibility index (Phi) is 8.57. The summed E-state index contributed by atoms with van der Waals surface area (Å²) in [6, 6.07) is 0.234. The minimum atomic E-state index is -0.296. The first-order valence-electron chi connectivity index (χ1n) is 6.92. The number of rotatable bonds is 6. The van der Waals surface area contributed by atoms with Crippen LogP contribution in [0.25, 0.3) is 0 Å². The van der Waals surface area contributed by atoms with Gasteiger partial charge in [0.2, 0.25) is 5.91 Å². The van der Waals surface area contributed by atoms with Crippen LogP contribution in [0.2, 0.25) is 0 Å². The van der Waals surface area contributed by atoms with Crippen molar-refractivity contribution >= 4 is 18.3 Å². The van der Waals surface area contributed by atoms with Crippen LogP contribution in [0.3, 0.4) is 0 Å². The Morgan fingerprint density at radius 1 is 1.39 bits per heavy atom. The second-order valence-electron chi connectivity index (χ2n) is 4.84. The second-order valence-corrected chi connectivity index (χ2v) is 4.84. The average molecular weight is 278 g/mol. The van der Waals surface area contributed by atoms with Gasteiger partial charge in [-0.2, -0.15) is 0 Å². The lowest BCUT2D eigenvalue weighted by Crippen LogP contribution is -2.44. The van der Waals surface area contributed by atoms with E-state index in [9.17, 15) is 4.79 Å². The highest BCUT2D eigenvalue weighted by Crippen LogP contribution is 2.16. The smallest absolute Gasteiger partial charge is 0.239 e. The van der Waals surface area contributed by atoms with Gasteiger partial charge in [0.25, 0.3) is 0 Å². The maximum atomic E-state index is 12.1. The van der Waals surface area contributed by atoms with Crippen LogP contribution in [-0.4, -0.2) is 54.0 Å². The van der Waals surface area contributed by atoms with Crippen molar-refractivity contribution in [1.82, 2.24) is 9.80 Å². The largest absolute Gasteiger partial charge is 0.340 e. The van der Waals surface area contributed by atoms with Crippen LogP contribution in [0, 0.1) is 0 Å². The van der Waals surface area contributed by atoms with Crippen LogP contribution >= 0.6 is 12.4 Å². The lowest BCUT2D eigenvalue weighted by Gasteiger charge is -2.26. The average Bonchev–Trinajstić information content (AvgIpc) is 2.79. The van der Waals surface area contributed by atoms with Gasteiger partial charge >= 0.3 is 0 Å². The summed E-state index contributed by atoms with van der Waals surface area (Å²) in [6.45, 7) is 10.3. The van der Waals surface area contributed by atoms with Crippen molar-refractivity contribution in [2.24, 2.45) is 5.73 Å². The van der Waals surface area contributed by atoms with E-state index in [2.05, 4.69) is 25.7 Å². The Labute approximate surface area is 117 Å². The van der Waals surface area contributed by atoms with Crippen molar-refractivity contribution in [3.63, 3.8) is 0 Å². The zero-order chi connectivity index (χ0) is 12.8. The molecule has 1 saturated heterocycles. The number of hydrogen-bond acceptors (Lipinski definition) is 3. The third-order valence-electron chi connectivity index (χ3n) is 3.72. The van der Waals surface area contributed by atoms with Crippen LogP contribution < -0.4 is 5.73 Å². The molecular formula is C13H28ClN3O. The molecule has 1 rings (SSSR count). The number of nitrogens with zero attached hydrogens (tertiary/aromatic N) is 2. The molecular weight excluding hydrogens is 250 g/mol. The standard InChI is InChI=1S/C13H27N3O.ClH/c1-4-7-12(14)13(17)16-9-8-11(10-16)15(5-2)6-3;/h11-12H,4-10,14H2,1-3H3;1H. The molecule has 0 saturated carbocycles. The number of carbonyl (C=O) groups is 1. The molecule has 1 fully saturated rings. The van der Waals surface area contributed by atoms with E-state index in [4.69, 9.17) is 5.73 Å². The van der Waals surface area contributed by atoms with E-state index in [1.54, 1.807) is 0 Å². The maximum absolute atomic E-state index is 12.1. The number of nitrogens with two attached hydrogens (primary N) is 1. The van der Waals surface area contributed by atoms with Gasteiger partial charge < -0.3 is 10.6 Å². The van der Waals surface area contributed by atoms with Gasteiger partial charge in [-0.15, -0.1) is 12.4 Å². The number of likely N-dealkylation sites (N-methyl/N-ethyl adjacent to an activating group) is 1. The first-order valence-corrected chi connectivity index (χ1v) is 6.92. The maximum Gasteiger partial charge on any atom is 0.239 e. The first-order chi connectivity index (χ1) is 8.13. The summed E-state index contributed by atoms with van der Waals surface area (Å²) >= 11 is 0. The minimum Gasteiger partial charge on any atom is -0.340 e. The molecule has 0 spiro atoms. The molecule has 2 N–H and O–H groups in total. The molecule has 0 aromatic carbocycles. The molecule has 2 atom stereocenters. The number of halogens is 1. The van der Waals surface area contributed by atoms with Gasteiger partial charge in [0.1, 0.15) is 0 Å². The highest BCUT2D eigenvalue weighted by atomic mass is 35.5. The Bertz CT molecular complexity index is 246. The molecule has 1 amide bonds. The zero-order valence-electron chi connectivity index (χ0n) is 11.9. The van der Waals surface area contributed by atoms with E-state index in [1.807, 2.05) is 4.90 Å².